The van der Waals surface area contributed by atoms with Crippen molar-refractivity contribution in [2.45, 2.75) is 40.4 Å². The molecule has 2 heterocycles. The number of halogens is 5. The third kappa shape index (κ3) is 6.52. The summed E-state index contributed by atoms with van der Waals surface area (Å²) in [5.74, 6) is -1.86. The van der Waals surface area contributed by atoms with E-state index in [1.54, 1.807) is 27.7 Å². The van der Waals surface area contributed by atoms with Crippen molar-refractivity contribution in [1.29, 1.82) is 0 Å². The minimum absolute atomic E-state index is 0.0102. The van der Waals surface area contributed by atoms with Crippen LogP contribution < -0.4 is 10.1 Å². The number of rotatable bonds is 9. The number of furan rings is 1. The number of thiophene rings is 1. The Morgan fingerprint density at radius 1 is 0.974 bits per heavy atom. The van der Waals surface area contributed by atoms with E-state index in [9.17, 15) is 14.4 Å². The number of hydrogen-bond donors (Lipinski definition) is 1. The molecule has 0 aliphatic carbocycles. The van der Waals surface area contributed by atoms with Crippen LogP contribution in [0.4, 0.5) is 5.00 Å². The summed E-state index contributed by atoms with van der Waals surface area (Å²) in [6, 6.07) is 2.89. The van der Waals surface area contributed by atoms with Gasteiger partial charge in [-0.3, -0.25) is 4.79 Å². The summed E-state index contributed by atoms with van der Waals surface area (Å²) in [5.41, 5.74) is 0.382. The van der Waals surface area contributed by atoms with Gasteiger partial charge in [-0.2, -0.15) is 0 Å². The number of carbonyl (C=O) groups is 3. The monoisotopic (exact) mass is 641 g/mol. The van der Waals surface area contributed by atoms with Gasteiger partial charge in [0.15, 0.2) is 11.5 Å². The Morgan fingerprint density at radius 2 is 1.58 bits per heavy atom. The van der Waals surface area contributed by atoms with E-state index in [0.717, 1.165) is 11.3 Å². The van der Waals surface area contributed by atoms with E-state index >= 15 is 0 Å². The van der Waals surface area contributed by atoms with Crippen LogP contribution in [0.3, 0.4) is 0 Å². The van der Waals surface area contributed by atoms with Crippen LogP contribution in [0.5, 0.6) is 5.75 Å². The lowest BCUT2D eigenvalue weighted by Crippen LogP contribution is -2.16. The Morgan fingerprint density at radius 3 is 2.16 bits per heavy atom. The summed E-state index contributed by atoms with van der Waals surface area (Å²) in [4.78, 5) is 38.2. The number of ether oxygens (including phenoxy) is 3. The molecule has 0 bridgehead atoms. The second-order valence-electron chi connectivity index (χ2n) is 7.84. The van der Waals surface area contributed by atoms with E-state index < -0.39 is 23.9 Å². The van der Waals surface area contributed by atoms with Crippen molar-refractivity contribution in [2.24, 2.45) is 0 Å². The average Bonchev–Trinajstić information content (AvgIpc) is 3.45. The molecule has 1 aromatic carbocycles. The third-order valence-electron chi connectivity index (χ3n) is 4.80. The van der Waals surface area contributed by atoms with Crippen molar-refractivity contribution >= 4 is 92.2 Å². The molecule has 0 aliphatic rings. The Labute approximate surface area is 247 Å². The standard InChI is InChI=1S/C24H20Cl5NO7S/c1-5-34-24(33)20-10(4)13(23(32)36-9(2)3)22(38-20)30-21(31)12-7-6-11(37-12)8-35-19-17(28)15(26)14(25)16(27)18(19)29/h6-7,9H,5,8H2,1-4H3,(H,30,31). The number of benzene rings is 1. The molecule has 204 valence electrons. The van der Waals surface area contributed by atoms with E-state index in [4.69, 9.17) is 76.6 Å². The molecule has 0 fully saturated rings. The molecule has 0 spiro atoms. The van der Waals surface area contributed by atoms with E-state index in [1.807, 2.05) is 0 Å². The Balaban J connectivity index is 1.82. The minimum atomic E-state index is -0.692. The molecular formula is C24H20Cl5NO7S. The van der Waals surface area contributed by atoms with Crippen molar-refractivity contribution in [2.75, 3.05) is 11.9 Å². The summed E-state index contributed by atoms with van der Waals surface area (Å²) < 4.78 is 21.5. The fourth-order valence-corrected chi connectivity index (χ4v) is 5.42. The van der Waals surface area contributed by atoms with Crippen LogP contribution in [0, 0.1) is 6.92 Å². The van der Waals surface area contributed by atoms with Gasteiger partial charge in [-0.15, -0.1) is 11.3 Å². The highest BCUT2D eigenvalue weighted by Gasteiger charge is 2.29. The molecule has 1 N–H and O–H groups in total. The van der Waals surface area contributed by atoms with Crippen molar-refractivity contribution in [3.63, 3.8) is 0 Å². The number of carbonyl (C=O) groups excluding carboxylic acids is 3. The van der Waals surface area contributed by atoms with Crippen LogP contribution in [0.1, 0.15) is 62.7 Å². The number of anilines is 1. The van der Waals surface area contributed by atoms with Crippen LogP contribution >= 0.6 is 69.3 Å². The van der Waals surface area contributed by atoms with Crippen molar-refractivity contribution in [1.82, 2.24) is 0 Å². The molecule has 3 aromatic rings. The van der Waals surface area contributed by atoms with Gasteiger partial charge in [0, 0.05) is 0 Å². The molecule has 0 radical (unpaired) electrons. The van der Waals surface area contributed by atoms with Gasteiger partial charge >= 0.3 is 11.9 Å². The first kappa shape index (κ1) is 30.4. The Hall–Kier alpha value is -2.14. The summed E-state index contributed by atoms with van der Waals surface area (Å²) >= 11 is 31.3. The number of hydrogen-bond acceptors (Lipinski definition) is 8. The lowest BCUT2D eigenvalue weighted by Gasteiger charge is -2.12. The molecule has 0 atom stereocenters. The molecule has 2 aromatic heterocycles. The van der Waals surface area contributed by atoms with E-state index in [0.29, 0.717) is 5.56 Å². The van der Waals surface area contributed by atoms with Gasteiger partial charge in [0.1, 0.15) is 32.3 Å². The molecule has 1 amide bonds. The van der Waals surface area contributed by atoms with Gasteiger partial charge < -0.3 is 23.9 Å². The quantitative estimate of drug-likeness (QED) is 0.142. The highest BCUT2D eigenvalue weighted by atomic mass is 35.5. The molecule has 38 heavy (non-hydrogen) atoms. The summed E-state index contributed by atoms with van der Waals surface area (Å²) in [5, 5.41) is 2.57. The van der Waals surface area contributed by atoms with Gasteiger partial charge in [-0.05, 0) is 45.4 Å². The second-order valence-corrected chi connectivity index (χ2v) is 10.8. The van der Waals surface area contributed by atoms with Crippen LogP contribution in [0.15, 0.2) is 16.5 Å². The Kier molecular flexibility index (Phi) is 10.2. The van der Waals surface area contributed by atoms with Gasteiger partial charge in [-0.1, -0.05) is 58.0 Å². The summed E-state index contributed by atoms with van der Waals surface area (Å²) in [7, 11) is 0. The van der Waals surface area contributed by atoms with Crippen LogP contribution in [-0.4, -0.2) is 30.6 Å². The van der Waals surface area contributed by atoms with Crippen molar-refractivity contribution in [3.05, 3.63) is 64.8 Å². The number of nitrogens with one attached hydrogen (secondary N) is 1. The van der Waals surface area contributed by atoms with Gasteiger partial charge in [0.2, 0.25) is 0 Å². The third-order valence-corrected chi connectivity index (χ3v) is 8.22. The molecule has 0 aliphatic heterocycles. The maximum Gasteiger partial charge on any atom is 0.348 e. The predicted molar refractivity (Wildman–Crippen MR) is 148 cm³/mol. The van der Waals surface area contributed by atoms with Crippen LogP contribution in [-0.2, 0) is 16.1 Å². The number of amides is 1. The lowest BCUT2D eigenvalue weighted by atomic mass is 10.1. The average molecular weight is 644 g/mol. The highest BCUT2D eigenvalue weighted by Crippen LogP contribution is 2.48. The van der Waals surface area contributed by atoms with Crippen LogP contribution in [0.2, 0.25) is 25.1 Å². The van der Waals surface area contributed by atoms with E-state index in [1.165, 1.54) is 12.1 Å². The maximum absolute atomic E-state index is 13.0. The first-order valence-electron chi connectivity index (χ1n) is 10.9. The number of esters is 2. The van der Waals surface area contributed by atoms with Gasteiger partial charge in [0.05, 0.1) is 33.3 Å². The van der Waals surface area contributed by atoms with Crippen molar-refractivity contribution in [3.8, 4) is 5.75 Å². The zero-order chi connectivity index (χ0) is 28.3. The fourth-order valence-electron chi connectivity index (χ4n) is 3.11. The van der Waals surface area contributed by atoms with Gasteiger partial charge in [-0.25, -0.2) is 9.59 Å². The fraction of sp³-hybridized carbons (Fsp3) is 0.292. The summed E-state index contributed by atoms with van der Waals surface area (Å²) in [6.07, 6.45) is -0.420. The molecule has 0 saturated heterocycles. The zero-order valence-corrected chi connectivity index (χ0v) is 24.9. The van der Waals surface area contributed by atoms with E-state index in [-0.39, 0.29) is 71.0 Å². The molecular weight excluding hydrogens is 624 g/mol. The zero-order valence-electron chi connectivity index (χ0n) is 20.3. The topological polar surface area (TPSA) is 104 Å². The predicted octanol–water partition coefficient (Wildman–Crippen LogP) is 8.49. The van der Waals surface area contributed by atoms with Gasteiger partial charge in [0.25, 0.3) is 5.91 Å². The Bertz CT molecular complexity index is 1370. The highest BCUT2D eigenvalue weighted by molar-refractivity contribution is 7.18. The smallest absolute Gasteiger partial charge is 0.348 e. The summed E-state index contributed by atoms with van der Waals surface area (Å²) in [6.45, 7) is 6.56. The molecule has 0 unspecified atom stereocenters. The maximum atomic E-state index is 13.0. The second kappa shape index (κ2) is 12.8. The first-order valence-corrected chi connectivity index (χ1v) is 13.6. The molecule has 8 nitrogen and oxygen atoms in total. The minimum Gasteiger partial charge on any atom is -0.482 e. The first-order chi connectivity index (χ1) is 17.9. The SMILES string of the molecule is CCOC(=O)c1sc(NC(=O)c2ccc(COc3c(Cl)c(Cl)c(Cl)c(Cl)c3Cl)o2)c(C(=O)OC(C)C)c1C. The van der Waals surface area contributed by atoms with Crippen LogP contribution in [0.25, 0.3) is 0 Å². The normalized spacial score (nSPS) is 11.0. The molecule has 3 rings (SSSR count). The molecule has 14 heteroatoms. The van der Waals surface area contributed by atoms with E-state index in [2.05, 4.69) is 5.32 Å². The molecule has 0 saturated carbocycles. The lowest BCUT2D eigenvalue weighted by molar-refractivity contribution is 0.0379. The largest absolute Gasteiger partial charge is 0.482 e. The van der Waals surface area contributed by atoms with Crippen molar-refractivity contribution < 1.29 is 33.0 Å².